The number of carbonyl (C=O) groups excluding carboxylic acids is 1. The van der Waals surface area contributed by atoms with Crippen molar-refractivity contribution in [2.75, 3.05) is 6.54 Å². The van der Waals surface area contributed by atoms with Gasteiger partial charge in [-0.05, 0) is 37.1 Å². The van der Waals surface area contributed by atoms with Crippen molar-refractivity contribution in [3.05, 3.63) is 28.7 Å². The first kappa shape index (κ1) is 15.1. The number of rotatable bonds is 1. The molecule has 0 aromatic heterocycles. The SMILES string of the molecule is NS(=O)(=O)c1ccc(Br)cc1.O=C1CCCCN1. The monoisotopic (exact) mass is 334 g/mol. The van der Waals surface area contributed by atoms with Gasteiger partial charge in [0.2, 0.25) is 15.9 Å². The molecule has 0 unspecified atom stereocenters. The van der Waals surface area contributed by atoms with E-state index >= 15 is 0 Å². The predicted molar refractivity (Wildman–Crippen MR) is 72.4 cm³/mol. The van der Waals surface area contributed by atoms with E-state index in [4.69, 9.17) is 5.14 Å². The fourth-order valence-electron chi connectivity index (χ4n) is 1.35. The number of carbonyl (C=O) groups is 1. The fraction of sp³-hybridized carbons (Fsp3) is 0.364. The Labute approximate surface area is 115 Å². The number of hydrogen-bond donors (Lipinski definition) is 2. The molecular weight excluding hydrogens is 320 g/mol. The van der Waals surface area contributed by atoms with Gasteiger partial charge in [0, 0.05) is 17.4 Å². The maximum Gasteiger partial charge on any atom is 0.238 e. The molecule has 1 aliphatic heterocycles. The van der Waals surface area contributed by atoms with E-state index in [2.05, 4.69) is 21.2 Å². The second kappa shape index (κ2) is 6.86. The van der Waals surface area contributed by atoms with Gasteiger partial charge in [0.25, 0.3) is 0 Å². The van der Waals surface area contributed by atoms with Crippen molar-refractivity contribution in [2.45, 2.75) is 24.2 Å². The van der Waals surface area contributed by atoms with Crippen LogP contribution in [0.4, 0.5) is 0 Å². The van der Waals surface area contributed by atoms with Gasteiger partial charge in [0.1, 0.15) is 0 Å². The van der Waals surface area contributed by atoms with Crippen LogP contribution in [0.15, 0.2) is 33.6 Å². The van der Waals surface area contributed by atoms with E-state index in [-0.39, 0.29) is 10.8 Å². The fourth-order valence-corrected chi connectivity index (χ4v) is 2.13. The average molecular weight is 335 g/mol. The van der Waals surface area contributed by atoms with E-state index in [9.17, 15) is 13.2 Å². The Hall–Kier alpha value is -0.920. The molecule has 7 heteroatoms. The van der Waals surface area contributed by atoms with Crippen LogP contribution in [0.25, 0.3) is 0 Å². The maximum absolute atomic E-state index is 10.7. The Morgan fingerprint density at radius 3 is 2.11 bits per heavy atom. The van der Waals surface area contributed by atoms with Crippen molar-refractivity contribution in [3.63, 3.8) is 0 Å². The van der Waals surface area contributed by atoms with Gasteiger partial charge in [-0.15, -0.1) is 0 Å². The lowest BCUT2D eigenvalue weighted by molar-refractivity contribution is -0.122. The molecule has 1 saturated heterocycles. The molecule has 0 radical (unpaired) electrons. The minimum Gasteiger partial charge on any atom is -0.356 e. The summed E-state index contributed by atoms with van der Waals surface area (Å²) in [5, 5.41) is 7.61. The molecule has 5 nitrogen and oxygen atoms in total. The number of benzene rings is 1. The second-order valence-electron chi connectivity index (χ2n) is 3.81. The Morgan fingerprint density at radius 2 is 1.78 bits per heavy atom. The van der Waals surface area contributed by atoms with Crippen LogP contribution < -0.4 is 10.5 Å². The Bertz CT molecular complexity index is 492. The number of piperidine rings is 1. The summed E-state index contributed by atoms with van der Waals surface area (Å²) in [6.45, 7) is 0.888. The van der Waals surface area contributed by atoms with Crippen LogP contribution in [-0.4, -0.2) is 20.9 Å². The molecule has 1 aromatic rings. The van der Waals surface area contributed by atoms with E-state index in [0.717, 1.165) is 30.3 Å². The number of sulfonamides is 1. The number of halogens is 1. The zero-order chi connectivity index (χ0) is 13.6. The van der Waals surface area contributed by atoms with Gasteiger partial charge in [-0.2, -0.15) is 0 Å². The molecule has 3 N–H and O–H groups in total. The van der Waals surface area contributed by atoms with Gasteiger partial charge < -0.3 is 5.32 Å². The summed E-state index contributed by atoms with van der Waals surface area (Å²) in [5.41, 5.74) is 0. The summed E-state index contributed by atoms with van der Waals surface area (Å²) < 4.78 is 22.2. The lowest BCUT2D eigenvalue weighted by atomic mass is 10.2. The zero-order valence-electron chi connectivity index (χ0n) is 9.73. The summed E-state index contributed by atoms with van der Waals surface area (Å²) >= 11 is 3.18. The standard InChI is InChI=1S/C6H6BrNO2S.C5H9NO/c7-5-1-3-6(4-2-5)11(8,9)10;7-5-3-1-2-4-6-5/h1-4H,(H2,8,9,10);1-4H2,(H,6,7). The number of primary sulfonamides is 1. The average Bonchev–Trinajstić information content (AvgIpc) is 2.30. The first-order valence-corrected chi connectivity index (χ1v) is 7.78. The number of hydrogen-bond acceptors (Lipinski definition) is 3. The molecule has 2 rings (SSSR count). The normalized spacial score (nSPS) is 15.3. The maximum atomic E-state index is 10.7. The summed E-state index contributed by atoms with van der Waals surface area (Å²) in [5.74, 6) is 0.214. The van der Waals surface area contributed by atoms with Gasteiger partial charge in [-0.25, -0.2) is 13.6 Å². The van der Waals surface area contributed by atoms with Crippen LogP contribution in [0.2, 0.25) is 0 Å². The molecule has 0 saturated carbocycles. The highest BCUT2D eigenvalue weighted by Gasteiger charge is 2.05. The summed E-state index contributed by atoms with van der Waals surface area (Å²) in [6, 6.07) is 6.14. The molecule has 100 valence electrons. The highest BCUT2D eigenvalue weighted by Crippen LogP contribution is 2.12. The van der Waals surface area contributed by atoms with E-state index in [1.807, 2.05) is 0 Å². The largest absolute Gasteiger partial charge is 0.356 e. The van der Waals surface area contributed by atoms with Crippen LogP contribution in [-0.2, 0) is 14.8 Å². The number of amides is 1. The molecule has 1 aliphatic rings. The molecular formula is C11H15BrN2O3S. The third kappa shape index (κ3) is 5.61. The topological polar surface area (TPSA) is 89.3 Å². The summed E-state index contributed by atoms with van der Waals surface area (Å²) in [6.07, 6.45) is 2.97. The van der Waals surface area contributed by atoms with Crippen LogP contribution in [0, 0.1) is 0 Å². The molecule has 0 bridgehead atoms. The molecule has 1 amide bonds. The van der Waals surface area contributed by atoms with Gasteiger partial charge in [-0.3, -0.25) is 4.79 Å². The summed E-state index contributed by atoms with van der Waals surface area (Å²) in [4.78, 5) is 10.5. The zero-order valence-corrected chi connectivity index (χ0v) is 12.1. The molecule has 18 heavy (non-hydrogen) atoms. The molecule has 1 fully saturated rings. The quantitative estimate of drug-likeness (QED) is 0.813. The van der Waals surface area contributed by atoms with Crippen molar-refractivity contribution in [3.8, 4) is 0 Å². The number of nitrogens with one attached hydrogen (secondary N) is 1. The van der Waals surface area contributed by atoms with E-state index < -0.39 is 10.0 Å². The lowest BCUT2D eigenvalue weighted by Gasteiger charge is -2.08. The Morgan fingerprint density at radius 1 is 1.17 bits per heavy atom. The Kier molecular flexibility index (Phi) is 5.77. The van der Waals surface area contributed by atoms with E-state index in [0.29, 0.717) is 0 Å². The molecule has 0 spiro atoms. The van der Waals surface area contributed by atoms with Crippen molar-refractivity contribution in [1.82, 2.24) is 5.32 Å². The molecule has 1 heterocycles. The minimum atomic E-state index is -3.54. The molecule has 0 aliphatic carbocycles. The molecule has 0 atom stereocenters. The van der Waals surface area contributed by atoms with Gasteiger partial charge >= 0.3 is 0 Å². The van der Waals surface area contributed by atoms with Crippen molar-refractivity contribution in [2.24, 2.45) is 5.14 Å². The summed E-state index contributed by atoms with van der Waals surface area (Å²) in [7, 11) is -3.54. The van der Waals surface area contributed by atoms with Gasteiger partial charge in [0.05, 0.1) is 4.90 Å². The highest BCUT2D eigenvalue weighted by atomic mass is 79.9. The van der Waals surface area contributed by atoms with E-state index in [1.54, 1.807) is 12.1 Å². The third-order valence-electron chi connectivity index (χ3n) is 2.29. The van der Waals surface area contributed by atoms with Crippen molar-refractivity contribution in [1.29, 1.82) is 0 Å². The molecule has 1 aromatic carbocycles. The minimum absolute atomic E-state index is 0.126. The number of nitrogens with two attached hydrogens (primary N) is 1. The van der Waals surface area contributed by atoms with Crippen LogP contribution in [0.5, 0.6) is 0 Å². The van der Waals surface area contributed by atoms with Gasteiger partial charge in [0.15, 0.2) is 0 Å². The highest BCUT2D eigenvalue weighted by molar-refractivity contribution is 9.10. The third-order valence-corrected chi connectivity index (χ3v) is 3.75. The van der Waals surface area contributed by atoms with Gasteiger partial charge in [-0.1, -0.05) is 15.9 Å². The van der Waals surface area contributed by atoms with Crippen LogP contribution >= 0.6 is 15.9 Å². The van der Waals surface area contributed by atoms with Crippen molar-refractivity contribution >= 4 is 31.9 Å². The predicted octanol–water partition coefficient (Wildman–Crippen LogP) is 1.38. The lowest BCUT2D eigenvalue weighted by Crippen LogP contribution is -2.28. The van der Waals surface area contributed by atoms with E-state index in [1.165, 1.54) is 12.1 Å². The van der Waals surface area contributed by atoms with Crippen LogP contribution in [0.3, 0.4) is 0 Å². The first-order valence-electron chi connectivity index (χ1n) is 5.44. The van der Waals surface area contributed by atoms with Crippen molar-refractivity contribution < 1.29 is 13.2 Å². The first-order chi connectivity index (χ1) is 8.39. The Balaban J connectivity index is 0.000000199. The second-order valence-corrected chi connectivity index (χ2v) is 6.28. The van der Waals surface area contributed by atoms with Crippen LogP contribution in [0.1, 0.15) is 19.3 Å². The smallest absolute Gasteiger partial charge is 0.238 e.